The van der Waals surface area contributed by atoms with Crippen LogP contribution in [0.15, 0.2) is 0 Å². The highest BCUT2D eigenvalue weighted by molar-refractivity contribution is 5.94. The minimum absolute atomic E-state index is 0.157. The Bertz CT molecular complexity index is 653. The maximum absolute atomic E-state index is 12.8. The SMILES string of the molecule is CC(C)CC(N)C(=O)NC(C(=O)NC(CCC(=O)O)C(=O)NC(CO)C(=O)O)C(C)C. The van der Waals surface area contributed by atoms with Gasteiger partial charge in [0.15, 0.2) is 0 Å². The van der Waals surface area contributed by atoms with Gasteiger partial charge in [-0.3, -0.25) is 19.2 Å². The molecule has 0 fully saturated rings. The molecule has 0 aliphatic rings. The van der Waals surface area contributed by atoms with Gasteiger partial charge in [0.25, 0.3) is 0 Å². The van der Waals surface area contributed by atoms with Crippen molar-refractivity contribution in [2.45, 2.75) is 71.1 Å². The lowest BCUT2D eigenvalue weighted by Gasteiger charge is -2.27. The Morgan fingerprint density at radius 2 is 1.39 bits per heavy atom. The van der Waals surface area contributed by atoms with Crippen molar-refractivity contribution >= 4 is 29.7 Å². The molecule has 0 spiro atoms. The minimum Gasteiger partial charge on any atom is -0.481 e. The zero-order chi connectivity index (χ0) is 24.3. The molecule has 178 valence electrons. The van der Waals surface area contributed by atoms with Gasteiger partial charge in [-0.05, 0) is 24.7 Å². The summed E-state index contributed by atoms with van der Waals surface area (Å²) in [4.78, 5) is 59.4. The molecule has 0 saturated heterocycles. The van der Waals surface area contributed by atoms with Crippen molar-refractivity contribution < 1.29 is 39.3 Å². The fourth-order valence-corrected chi connectivity index (χ4v) is 2.67. The van der Waals surface area contributed by atoms with E-state index in [0.717, 1.165) is 0 Å². The molecule has 0 radical (unpaired) electrons. The molecule has 0 aliphatic heterocycles. The van der Waals surface area contributed by atoms with Gasteiger partial charge in [-0.25, -0.2) is 4.79 Å². The summed E-state index contributed by atoms with van der Waals surface area (Å²) in [6, 6.07) is -4.90. The van der Waals surface area contributed by atoms with Gasteiger partial charge in [0.05, 0.1) is 12.6 Å². The average Bonchev–Trinajstić information content (AvgIpc) is 2.65. The van der Waals surface area contributed by atoms with Gasteiger partial charge in [-0.15, -0.1) is 0 Å². The van der Waals surface area contributed by atoms with Crippen LogP contribution in [0.3, 0.4) is 0 Å². The summed E-state index contributed by atoms with van der Waals surface area (Å²) < 4.78 is 0. The second-order valence-corrected chi connectivity index (χ2v) is 8.04. The van der Waals surface area contributed by atoms with Crippen LogP contribution in [-0.4, -0.2) is 75.8 Å². The zero-order valence-electron chi connectivity index (χ0n) is 18.3. The Morgan fingerprint density at radius 1 is 0.839 bits per heavy atom. The number of rotatable bonds is 14. The van der Waals surface area contributed by atoms with E-state index in [2.05, 4.69) is 10.6 Å². The van der Waals surface area contributed by atoms with Gasteiger partial charge in [0.1, 0.15) is 18.1 Å². The number of carbonyl (C=O) groups excluding carboxylic acids is 3. The van der Waals surface area contributed by atoms with Crippen LogP contribution in [0.5, 0.6) is 0 Å². The van der Waals surface area contributed by atoms with Crippen molar-refractivity contribution in [1.82, 2.24) is 16.0 Å². The van der Waals surface area contributed by atoms with E-state index in [4.69, 9.17) is 21.1 Å². The van der Waals surface area contributed by atoms with Crippen molar-refractivity contribution in [3.05, 3.63) is 0 Å². The first-order chi connectivity index (χ1) is 14.3. The van der Waals surface area contributed by atoms with Crippen LogP contribution in [0.4, 0.5) is 0 Å². The number of carboxylic acids is 2. The number of aliphatic hydroxyl groups excluding tert-OH is 1. The molecule has 0 aromatic carbocycles. The molecule has 3 amide bonds. The summed E-state index contributed by atoms with van der Waals surface area (Å²) >= 11 is 0. The predicted molar refractivity (Wildman–Crippen MR) is 110 cm³/mol. The molecule has 12 heteroatoms. The number of carboxylic acid groups (broad SMARTS) is 2. The van der Waals surface area contributed by atoms with Crippen LogP contribution in [0.2, 0.25) is 0 Å². The van der Waals surface area contributed by atoms with E-state index in [1.165, 1.54) is 0 Å². The van der Waals surface area contributed by atoms with E-state index in [1.54, 1.807) is 13.8 Å². The number of hydrogen-bond acceptors (Lipinski definition) is 7. The fraction of sp³-hybridized carbons (Fsp3) is 0.737. The van der Waals surface area contributed by atoms with E-state index in [0.29, 0.717) is 6.42 Å². The Labute approximate surface area is 180 Å². The average molecular weight is 447 g/mol. The lowest BCUT2D eigenvalue weighted by Crippen LogP contribution is -2.58. The number of amides is 3. The fourth-order valence-electron chi connectivity index (χ4n) is 2.67. The molecule has 4 unspecified atom stereocenters. The third kappa shape index (κ3) is 10.7. The predicted octanol–water partition coefficient (Wildman–Crippen LogP) is -1.59. The third-order valence-electron chi connectivity index (χ3n) is 4.39. The summed E-state index contributed by atoms with van der Waals surface area (Å²) in [5.74, 6) is -5.21. The summed E-state index contributed by atoms with van der Waals surface area (Å²) in [6.45, 7) is 6.22. The van der Waals surface area contributed by atoms with Crippen LogP contribution < -0.4 is 21.7 Å². The molecular formula is C19H34N4O8. The van der Waals surface area contributed by atoms with Gasteiger partial charge in [-0.2, -0.15) is 0 Å². The highest BCUT2D eigenvalue weighted by Crippen LogP contribution is 2.08. The number of nitrogens with two attached hydrogens (primary N) is 1. The van der Waals surface area contributed by atoms with Crippen molar-refractivity contribution in [2.24, 2.45) is 17.6 Å². The lowest BCUT2D eigenvalue weighted by atomic mass is 9.99. The van der Waals surface area contributed by atoms with Gasteiger partial charge in [0.2, 0.25) is 17.7 Å². The lowest BCUT2D eigenvalue weighted by molar-refractivity contribution is -0.144. The molecule has 0 rings (SSSR count). The molecule has 0 aliphatic carbocycles. The molecule has 0 saturated carbocycles. The van der Waals surface area contributed by atoms with Crippen molar-refractivity contribution in [3.63, 3.8) is 0 Å². The summed E-state index contributed by atoms with van der Waals surface area (Å²) in [5, 5.41) is 33.9. The first-order valence-corrected chi connectivity index (χ1v) is 10.0. The number of nitrogens with one attached hydrogen (secondary N) is 3. The first kappa shape index (κ1) is 28.3. The van der Waals surface area contributed by atoms with E-state index >= 15 is 0 Å². The molecule has 8 N–H and O–H groups in total. The van der Waals surface area contributed by atoms with E-state index in [9.17, 15) is 24.0 Å². The maximum Gasteiger partial charge on any atom is 0.328 e. The van der Waals surface area contributed by atoms with E-state index < -0.39 is 66.9 Å². The van der Waals surface area contributed by atoms with Crippen LogP contribution in [-0.2, 0) is 24.0 Å². The Kier molecular flexibility index (Phi) is 12.4. The maximum atomic E-state index is 12.8. The zero-order valence-corrected chi connectivity index (χ0v) is 18.3. The quantitative estimate of drug-likeness (QED) is 0.164. The molecule has 0 aromatic heterocycles. The van der Waals surface area contributed by atoms with Crippen LogP contribution in [0, 0.1) is 11.8 Å². The number of carbonyl (C=O) groups is 5. The highest BCUT2D eigenvalue weighted by Gasteiger charge is 2.31. The normalized spacial score (nSPS) is 15.0. The molecule has 4 atom stereocenters. The summed E-state index contributed by atoms with van der Waals surface area (Å²) in [5.41, 5.74) is 5.84. The van der Waals surface area contributed by atoms with Gasteiger partial charge < -0.3 is 37.0 Å². The number of aliphatic hydroxyl groups is 1. The Hall–Kier alpha value is -2.73. The van der Waals surface area contributed by atoms with Gasteiger partial charge in [-0.1, -0.05) is 27.7 Å². The standard InChI is InChI=1S/C19H34N4O8/c1-9(2)7-11(20)16(27)23-15(10(3)4)18(29)21-12(5-6-14(25)26)17(28)22-13(8-24)19(30)31/h9-13,15,24H,5-8,20H2,1-4H3,(H,21,29)(H,22,28)(H,23,27)(H,25,26)(H,30,31). The van der Waals surface area contributed by atoms with Crippen LogP contribution in [0.25, 0.3) is 0 Å². The van der Waals surface area contributed by atoms with Crippen LogP contribution >= 0.6 is 0 Å². The Morgan fingerprint density at radius 3 is 1.81 bits per heavy atom. The van der Waals surface area contributed by atoms with Crippen molar-refractivity contribution in [3.8, 4) is 0 Å². The van der Waals surface area contributed by atoms with Crippen LogP contribution in [0.1, 0.15) is 47.0 Å². The second kappa shape index (κ2) is 13.5. The first-order valence-electron chi connectivity index (χ1n) is 10.0. The third-order valence-corrected chi connectivity index (χ3v) is 4.39. The highest BCUT2D eigenvalue weighted by atomic mass is 16.4. The largest absolute Gasteiger partial charge is 0.481 e. The Balaban J connectivity index is 5.39. The molecule has 12 nitrogen and oxygen atoms in total. The molecular weight excluding hydrogens is 412 g/mol. The van der Waals surface area contributed by atoms with Crippen molar-refractivity contribution in [2.75, 3.05) is 6.61 Å². The monoisotopic (exact) mass is 446 g/mol. The summed E-state index contributed by atoms with van der Waals surface area (Å²) in [6.07, 6.45) is -0.400. The van der Waals surface area contributed by atoms with Crippen molar-refractivity contribution in [1.29, 1.82) is 0 Å². The topological polar surface area (TPSA) is 208 Å². The van der Waals surface area contributed by atoms with E-state index in [1.807, 2.05) is 19.2 Å². The number of hydrogen-bond donors (Lipinski definition) is 7. The molecule has 0 aromatic rings. The minimum atomic E-state index is -1.62. The number of aliphatic carboxylic acids is 2. The molecule has 0 bridgehead atoms. The van der Waals surface area contributed by atoms with Gasteiger partial charge in [0, 0.05) is 6.42 Å². The molecule has 0 heterocycles. The second-order valence-electron chi connectivity index (χ2n) is 8.04. The summed E-state index contributed by atoms with van der Waals surface area (Å²) in [7, 11) is 0. The van der Waals surface area contributed by atoms with E-state index in [-0.39, 0.29) is 18.3 Å². The smallest absolute Gasteiger partial charge is 0.328 e. The molecule has 31 heavy (non-hydrogen) atoms. The van der Waals surface area contributed by atoms with Gasteiger partial charge >= 0.3 is 11.9 Å².